The number of ether oxygens (including phenoxy) is 1. The van der Waals surface area contributed by atoms with Crippen LogP contribution in [0.15, 0.2) is 30.5 Å². The second kappa shape index (κ2) is 8.91. The van der Waals surface area contributed by atoms with Crippen LogP contribution in [0.3, 0.4) is 0 Å². The zero-order valence-electron chi connectivity index (χ0n) is 16.4. The van der Waals surface area contributed by atoms with Gasteiger partial charge in [-0.05, 0) is 31.4 Å². The van der Waals surface area contributed by atoms with Gasteiger partial charge in [-0.15, -0.1) is 0 Å². The Morgan fingerprint density at radius 2 is 1.96 bits per heavy atom. The SMILES string of the molecule is CCOC(=O)C1CCN(C(=O)C(Cc2c[nH]c3ccccc23)NC(C)=O)CC1. The maximum Gasteiger partial charge on any atom is 0.309 e. The lowest BCUT2D eigenvalue weighted by atomic mass is 9.95. The fourth-order valence-corrected chi connectivity index (χ4v) is 3.78. The van der Waals surface area contributed by atoms with Crippen molar-refractivity contribution in [3.8, 4) is 0 Å². The number of likely N-dealkylation sites (tertiary alicyclic amines) is 1. The molecule has 150 valence electrons. The molecule has 28 heavy (non-hydrogen) atoms. The number of hydrogen-bond acceptors (Lipinski definition) is 4. The summed E-state index contributed by atoms with van der Waals surface area (Å²) < 4.78 is 5.09. The predicted octanol–water partition coefficient (Wildman–Crippen LogP) is 2.02. The zero-order valence-corrected chi connectivity index (χ0v) is 16.4. The molecule has 0 bridgehead atoms. The maximum absolute atomic E-state index is 13.1. The van der Waals surface area contributed by atoms with Crippen molar-refractivity contribution in [3.63, 3.8) is 0 Å². The molecule has 2 amide bonds. The van der Waals surface area contributed by atoms with E-state index >= 15 is 0 Å². The van der Waals surface area contributed by atoms with E-state index in [0.717, 1.165) is 16.5 Å². The minimum Gasteiger partial charge on any atom is -0.466 e. The molecule has 1 unspecified atom stereocenters. The molecule has 7 nitrogen and oxygen atoms in total. The van der Waals surface area contributed by atoms with E-state index < -0.39 is 6.04 Å². The van der Waals surface area contributed by atoms with Gasteiger partial charge in [-0.25, -0.2) is 0 Å². The molecule has 1 saturated heterocycles. The standard InChI is InChI=1S/C21H27N3O4/c1-3-28-21(27)15-8-10-24(11-9-15)20(26)19(23-14(2)25)12-16-13-22-18-7-5-4-6-17(16)18/h4-7,13,15,19,22H,3,8-12H2,1-2H3,(H,23,25). The Labute approximate surface area is 164 Å². The maximum atomic E-state index is 13.1. The number of hydrogen-bond donors (Lipinski definition) is 2. The van der Waals surface area contributed by atoms with Gasteiger partial charge in [-0.1, -0.05) is 18.2 Å². The van der Waals surface area contributed by atoms with Gasteiger partial charge in [0.05, 0.1) is 12.5 Å². The molecular formula is C21H27N3O4. The normalized spacial score (nSPS) is 16.0. The first kappa shape index (κ1) is 19.9. The van der Waals surface area contributed by atoms with Crippen LogP contribution >= 0.6 is 0 Å². The second-order valence-corrected chi connectivity index (χ2v) is 7.17. The second-order valence-electron chi connectivity index (χ2n) is 7.17. The molecule has 0 aliphatic carbocycles. The van der Waals surface area contributed by atoms with Gasteiger partial charge in [-0.2, -0.15) is 0 Å². The fraction of sp³-hybridized carbons (Fsp3) is 0.476. The summed E-state index contributed by atoms with van der Waals surface area (Å²) in [6.45, 7) is 4.56. The third kappa shape index (κ3) is 4.52. The molecule has 2 aromatic rings. The Kier molecular flexibility index (Phi) is 6.34. The van der Waals surface area contributed by atoms with Crippen molar-refractivity contribution in [2.45, 2.75) is 39.2 Å². The predicted molar refractivity (Wildman–Crippen MR) is 106 cm³/mol. The number of para-hydroxylation sites is 1. The minimum absolute atomic E-state index is 0.109. The van der Waals surface area contributed by atoms with Crippen molar-refractivity contribution >= 4 is 28.7 Å². The number of nitrogens with zero attached hydrogens (tertiary/aromatic N) is 1. The summed E-state index contributed by atoms with van der Waals surface area (Å²) in [7, 11) is 0. The third-order valence-corrected chi connectivity index (χ3v) is 5.20. The first-order valence-electron chi connectivity index (χ1n) is 9.77. The molecule has 2 heterocycles. The lowest BCUT2D eigenvalue weighted by molar-refractivity contribution is -0.151. The highest BCUT2D eigenvalue weighted by Crippen LogP contribution is 2.22. The molecule has 7 heteroatoms. The van der Waals surface area contributed by atoms with Crippen molar-refractivity contribution in [1.82, 2.24) is 15.2 Å². The van der Waals surface area contributed by atoms with Crippen molar-refractivity contribution in [1.29, 1.82) is 0 Å². The van der Waals surface area contributed by atoms with E-state index in [1.165, 1.54) is 6.92 Å². The topological polar surface area (TPSA) is 91.5 Å². The summed E-state index contributed by atoms with van der Waals surface area (Å²) in [5, 5.41) is 3.85. The number of benzene rings is 1. The summed E-state index contributed by atoms with van der Waals surface area (Å²) in [6, 6.07) is 7.26. The Hall–Kier alpha value is -2.83. The van der Waals surface area contributed by atoms with E-state index in [4.69, 9.17) is 4.74 Å². The lowest BCUT2D eigenvalue weighted by Crippen LogP contribution is -2.51. The van der Waals surface area contributed by atoms with Gasteiger partial charge in [0, 0.05) is 43.5 Å². The van der Waals surface area contributed by atoms with Crippen LogP contribution in [0.1, 0.15) is 32.3 Å². The van der Waals surface area contributed by atoms with Crippen molar-refractivity contribution in [2.24, 2.45) is 5.92 Å². The first-order valence-corrected chi connectivity index (χ1v) is 9.77. The van der Waals surface area contributed by atoms with Gasteiger partial charge in [0.2, 0.25) is 11.8 Å². The van der Waals surface area contributed by atoms with Gasteiger partial charge in [0.25, 0.3) is 0 Å². The quantitative estimate of drug-likeness (QED) is 0.744. The molecule has 1 aromatic carbocycles. The van der Waals surface area contributed by atoms with Crippen LogP contribution in [-0.4, -0.2) is 53.4 Å². The number of carbonyl (C=O) groups is 3. The van der Waals surface area contributed by atoms with Crippen LogP contribution in [-0.2, 0) is 25.5 Å². The molecule has 1 aliphatic heterocycles. The highest BCUT2D eigenvalue weighted by atomic mass is 16.5. The van der Waals surface area contributed by atoms with Crippen LogP contribution < -0.4 is 5.32 Å². The molecule has 0 radical (unpaired) electrons. The van der Waals surface area contributed by atoms with Crippen LogP contribution in [0.2, 0.25) is 0 Å². The Balaban J connectivity index is 1.69. The number of fused-ring (bicyclic) bond motifs is 1. The lowest BCUT2D eigenvalue weighted by Gasteiger charge is -2.33. The van der Waals surface area contributed by atoms with Gasteiger partial charge < -0.3 is 19.9 Å². The van der Waals surface area contributed by atoms with Crippen LogP contribution in [0.25, 0.3) is 10.9 Å². The van der Waals surface area contributed by atoms with Crippen molar-refractivity contribution in [2.75, 3.05) is 19.7 Å². The van der Waals surface area contributed by atoms with Gasteiger partial charge >= 0.3 is 5.97 Å². The van der Waals surface area contributed by atoms with Gasteiger partial charge in [-0.3, -0.25) is 14.4 Å². The number of rotatable bonds is 6. The van der Waals surface area contributed by atoms with E-state index in [9.17, 15) is 14.4 Å². The number of nitrogens with one attached hydrogen (secondary N) is 2. The number of H-pyrrole nitrogens is 1. The smallest absolute Gasteiger partial charge is 0.309 e. The average molecular weight is 385 g/mol. The largest absolute Gasteiger partial charge is 0.466 e. The Morgan fingerprint density at radius 3 is 2.64 bits per heavy atom. The molecule has 2 N–H and O–H groups in total. The molecule has 1 atom stereocenters. The van der Waals surface area contributed by atoms with Crippen LogP contribution in [0, 0.1) is 5.92 Å². The number of aromatic amines is 1. The molecule has 3 rings (SSSR count). The van der Waals surface area contributed by atoms with E-state index in [1.54, 1.807) is 11.8 Å². The monoisotopic (exact) mass is 385 g/mol. The van der Waals surface area contributed by atoms with Crippen molar-refractivity contribution in [3.05, 3.63) is 36.0 Å². The van der Waals surface area contributed by atoms with Crippen LogP contribution in [0.4, 0.5) is 0 Å². The molecule has 1 fully saturated rings. The number of esters is 1. The van der Waals surface area contributed by atoms with Gasteiger partial charge in [0.15, 0.2) is 0 Å². The van der Waals surface area contributed by atoms with E-state index in [-0.39, 0.29) is 23.7 Å². The van der Waals surface area contributed by atoms with Crippen LogP contribution in [0.5, 0.6) is 0 Å². The Bertz CT molecular complexity index is 852. The minimum atomic E-state index is -0.629. The molecular weight excluding hydrogens is 358 g/mol. The highest BCUT2D eigenvalue weighted by Gasteiger charge is 2.32. The average Bonchev–Trinajstić information content (AvgIpc) is 3.10. The van der Waals surface area contributed by atoms with E-state index in [0.29, 0.717) is 39.0 Å². The number of carbonyl (C=O) groups excluding carboxylic acids is 3. The van der Waals surface area contributed by atoms with E-state index in [1.807, 2.05) is 30.5 Å². The third-order valence-electron chi connectivity index (χ3n) is 5.20. The summed E-state index contributed by atoms with van der Waals surface area (Å²) in [6.07, 6.45) is 3.48. The number of piperidine rings is 1. The summed E-state index contributed by atoms with van der Waals surface area (Å²) in [5.74, 6) is -0.689. The number of aromatic nitrogens is 1. The summed E-state index contributed by atoms with van der Waals surface area (Å²) in [5.41, 5.74) is 1.99. The van der Waals surface area contributed by atoms with Crippen molar-refractivity contribution < 1.29 is 19.1 Å². The Morgan fingerprint density at radius 1 is 1.25 bits per heavy atom. The molecule has 0 spiro atoms. The number of amides is 2. The fourth-order valence-electron chi connectivity index (χ4n) is 3.78. The molecule has 1 aliphatic rings. The van der Waals surface area contributed by atoms with Gasteiger partial charge in [0.1, 0.15) is 6.04 Å². The summed E-state index contributed by atoms with van der Waals surface area (Å²) in [4.78, 5) is 41.6. The molecule has 0 saturated carbocycles. The molecule has 1 aromatic heterocycles. The zero-order chi connectivity index (χ0) is 20.1. The highest BCUT2D eigenvalue weighted by molar-refractivity contribution is 5.89. The van der Waals surface area contributed by atoms with E-state index in [2.05, 4.69) is 10.3 Å². The summed E-state index contributed by atoms with van der Waals surface area (Å²) >= 11 is 0. The first-order chi connectivity index (χ1) is 13.5.